The van der Waals surface area contributed by atoms with Crippen LogP contribution in [-0.2, 0) is 4.79 Å². The number of carbonyl (C=O) groups excluding carboxylic acids is 1. The molecule has 3 aromatic carbocycles. The third-order valence-corrected chi connectivity index (χ3v) is 5.98. The molecule has 0 radical (unpaired) electrons. The number of aromatic nitrogens is 2. The first-order valence-electron chi connectivity index (χ1n) is 9.36. The van der Waals surface area contributed by atoms with E-state index in [1.807, 2.05) is 67.6 Å². The molecule has 0 saturated carbocycles. The summed E-state index contributed by atoms with van der Waals surface area (Å²) in [4.78, 5) is 17.4. The van der Waals surface area contributed by atoms with Crippen molar-refractivity contribution < 1.29 is 9.53 Å². The quantitative estimate of drug-likeness (QED) is 0.391. The van der Waals surface area contributed by atoms with Crippen LogP contribution in [0, 0.1) is 6.92 Å². The Bertz CT molecular complexity index is 1210. The number of para-hydroxylation sites is 3. The van der Waals surface area contributed by atoms with Crippen LogP contribution >= 0.6 is 23.4 Å². The van der Waals surface area contributed by atoms with Crippen molar-refractivity contribution in [3.63, 3.8) is 0 Å². The summed E-state index contributed by atoms with van der Waals surface area (Å²) in [5.41, 5.74) is 4.36. The second-order valence-electron chi connectivity index (χ2n) is 6.69. The molecular weight excluding hydrogens is 418 g/mol. The summed E-state index contributed by atoms with van der Waals surface area (Å²) in [5, 5.41) is 4.27. The second-order valence-corrected chi connectivity index (χ2v) is 8.04. The van der Waals surface area contributed by atoms with Crippen LogP contribution in [0.3, 0.4) is 0 Å². The predicted octanol–water partition coefficient (Wildman–Crippen LogP) is 5.73. The van der Waals surface area contributed by atoms with Gasteiger partial charge in [-0.15, -0.1) is 0 Å². The van der Waals surface area contributed by atoms with E-state index in [1.165, 1.54) is 11.8 Å². The molecule has 0 unspecified atom stereocenters. The Kier molecular flexibility index (Phi) is 5.97. The number of halogens is 1. The molecule has 0 aliphatic carbocycles. The van der Waals surface area contributed by atoms with Crippen molar-refractivity contribution in [2.24, 2.45) is 0 Å². The fourth-order valence-corrected chi connectivity index (χ4v) is 4.16. The van der Waals surface area contributed by atoms with E-state index in [0.29, 0.717) is 16.5 Å². The van der Waals surface area contributed by atoms with Crippen LogP contribution < -0.4 is 10.1 Å². The van der Waals surface area contributed by atoms with E-state index in [4.69, 9.17) is 21.3 Å². The fraction of sp³-hybridized carbons (Fsp3) is 0.130. The van der Waals surface area contributed by atoms with E-state index >= 15 is 0 Å². The Balaban J connectivity index is 1.57. The highest BCUT2D eigenvalue weighted by Crippen LogP contribution is 2.32. The number of thioether (sulfide) groups is 1. The average Bonchev–Trinajstić information content (AvgIpc) is 3.13. The zero-order chi connectivity index (χ0) is 21.1. The van der Waals surface area contributed by atoms with E-state index in [1.54, 1.807) is 13.2 Å². The molecule has 0 spiro atoms. The lowest BCUT2D eigenvalue weighted by molar-refractivity contribution is -0.113. The number of hydrogen-bond donors (Lipinski definition) is 1. The van der Waals surface area contributed by atoms with Crippen LogP contribution in [0.25, 0.3) is 16.7 Å². The first kappa shape index (κ1) is 20.3. The second kappa shape index (κ2) is 8.81. The summed E-state index contributed by atoms with van der Waals surface area (Å²) < 4.78 is 7.41. The van der Waals surface area contributed by atoms with Gasteiger partial charge in [-0.25, -0.2) is 4.98 Å². The molecule has 0 bridgehead atoms. The lowest BCUT2D eigenvalue weighted by atomic mass is 10.2. The van der Waals surface area contributed by atoms with Gasteiger partial charge in [-0.3, -0.25) is 9.36 Å². The van der Waals surface area contributed by atoms with Crippen LogP contribution in [0.4, 0.5) is 5.69 Å². The molecule has 0 fully saturated rings. The molecule has 1 N–H and O–H groups in total. The topological polar surface area (TPSA) is 56.1 Å². The zero-order valence-corrected chi connectivity index (χ0v) is 18.1. The maximum atomic E-state index is 12.7. The van der Waals surface area contributed by atoms with Gasteiger partial charge in [0.2, 0.25) is 5.91 Å². The van der Waals surface area contributed by atoms with Crippen LogP contribution in [-0.4, -0.2) is 28.3 Å². The Morgan fingerprint density at radius 3 is 2.63 bits per heavy atom. The number of carbonyl (C=O) groups is 1. The summed E-state index contributed by atoms with van der Waals surface area (Å²) in [6, 6.07) is 21.5. The first-order valence-corrected chi connectivity index (χ1v) is 10.7. The number of hydrogen-bond acceptors (Lipinski definition) is 4. The van der Waals surface area contributed by atoms with Crippen LogP contribution in [0.1, 0.15) is 5.56 Å². The summed E-state index contributed by atoms with van der Waals surface area (Å²) in [6.45, 7) is 1.88. The van der Waals surface area contributed by atoms with Crippen molar-refractivity contribution >= 4 is 46.0 Å². The van der Waals surface area contributed by atoms with Crippen molar-refractivity contribution in [2.75, 3.05) is 18.2 Å². The third kappa shape index (κ3) is 4.15. The van der Waals surface area contributed by atoms with Gasteiger partial charge in [0, 0.05) is 16.8 Å². The first-order chi connectivity index (χ1) is 14.6. The summed E-state index contributed by atoms with van der Waals surface area (Å²) in [5.74, 6) is 0.591. The number of nitrogens with one attached hydrogen (secondary N) is 1. The maximum Gasteiger partial charge on any atom is 0.234 e. The van der Waals surface area contributed by atoms with E-state index in [9.17, 15) is 4.79 Å². The molecule has 0 saturated heterocycles. The minimum Gasteiger partial charge on any atom is -0.495 e. The van der Waals surface area contributed by atoms with Crippen LogP contribution in [0.5, 0.6) is 5.75 Å². The monoisotopic (exact) mass is 437 g/mol. The van der Waals surface area contributed by atoms with Gasteiger partial charge in [0.1, 0.15) is 5.75 Å². The van der Waals surface area contributed by atoms with Gasteiger partial charge in [0.25, 0.3) is 0 Å². The summed E-state index contributed by atoms with van der Waals surface area (Å²) >= 11 is 7.54. The number of rotatable bonds is 6. The molecule has 0 aliphatic rings. The number of benzene rings is 3. The Morgan fingerprint density at radius 2 is 1.87 bits per heavy atom. The van der Waals surface area contributed by atoms with Crippen molar-refractivity contribution in [3.8, 4) is 11.4 Å². The van der Waals surface area contributed by atoms with E-state index in [-0.39, 0.29) is 11.7 Å². The van der Waals surface area contributed by atoms with E-state index in [2.05, 4.69) is 9.88 Å². The molecule has 4 aromatic rings. The van der Waals surface area contributed by atoms with Gasteiger partial charge in [0.05, 0.1) is 29.6 Å². The largest absolute Gasteiger partial charge is 0.495 e. The Hall–Kier alpha value is -2.96. The predicted molar refractivity (Wildman–Crippen MR) is 123 cm³/mol. The number of ether oxygens (including phenoxy) is 1. The number of imidazole rings is 1. The minimum atomic E-state index is -0.147. The molecular formula is C23H20ClN3O2S. The lowest BCUT2D eigenvalue weighted by Gasteiger charge is -2.12. The molecule has 0 atom stereocenters. The third-order valence-electron chi connectivity index (χ3n) is 4.63. The highest BCUT2D eigenvalue weighted by molar-refractivity contribution is 7.99. The molecule has 30 heavy (non-hydrogen) atoms. The maximum absolute atomic E-state index is 12.7. The van der Waals surface area contributed by atoms with Gasteiger partial charge >= 0.3 is 0 Å². The molecule has 0 aliphatic heterocycles. The molecule has 1 amide bonds. The normalized spacial score (nSPS) is 10.9. The minimum absolute atomic E-state index is 0.147. The van der Waals surface area contributed by atoms with Gasteiger partial charge in [0.15, 0.2) is 5.16 Å². The molecule has 1 heterocycles. The van der Waals surface area contributed by atoms with Crippen molar-refractivity contribution in [1.29, 1.82) is 0 Å². The van der Waals surface area contributed by atoms with Crippen LogP contribution in [0.2, 0.25) is 5.02 Å². The highest BCUT2D eigenvalue weighted by atomic mass is 35.5. The Morgan fingerprint density at radius 1 is 1.13 bits per heavy atom. The number of amides is 1. The average molecular weight is 438 g/mol. The molecule has 4 rings (SSSR count). The number of aryl methyl sites for hydroxylation is 1. The SMILES string of the molecule is COc1cc(Cl)c(C)cc1NC(=O)CSc1nc2ccccc2n1-c1ccccc1. The molecule has 1 aromatic heterocycles. The van der Waals surface area contributed by atoms with Crippen molar-refractivity contribution in [3.05, 3.63) is 77.3 Å². The smallest absolute Gasteiger partial charge is 0.234 e. The van der Waals surface area contributed by atoms with E-state index in [0.717, 1.165) is 27.4 Å². The lowest BCUT2D eigenvalue weighted by Crippen LogP contribution is -2.15. The Labute approximate surface area is 184 Å². The van der Waals surface area contributed by atoms with Gasteiger partial charge < -0.3 is 10.1 Å². The standard InChI is InChI=1S/C23H20ClN3O2S/c1-15-12-19(21(29-2)13-17(15)24)25-22(28)14-30-23-26-18-10-6-7-11-20(18)27(23)16-8-4-3-5-9-16/h3-13H,14H2,1-2H3,(H,25,28). The summed E-state index contributed by atoms with van der Waals surface area (Å²) in [7, 11) is 1.55. The molecule has 5 nitrogen and oxygen atoms in total. The van der Waals surface area contributed by atoms with Crippen molar-refractivity contribution in [1.82, 2.24) is 9.55 Å². The fourth-order valence-electron chi connectivity index (χ4n) is 3.17. The zero-order valence-electron chi connectivity index (χ0n) is 16.6. The summed E-state index contributed by atoms with van der Waals surface area (Å²) in [6.07, 6.45) is 0. The van der Waals surface area contributed by atoms with Gasteiger partial charge in [-0.1, -0.05) is 53.7 Å². The van der Waals surface area contributed by atoms with Gasteiger partial charge in [-0.2, -0.15) is 0 Å². The number of methoxy groups -OCH3 is 1. The highest BCUT2D eigenvalue weighted by Gasteiger charge is 2.15. The number of fused-ring (bicyclic) bond motifs is 1. The molecule has 152 valence electrons. The number of nitrogens with zero attached hydrogens (tertiary/aromatic N) is 2. The number of anilines is 1. The van der Waals surface area contributed by atoms with Crippen LogP contribution in [0.15, 0.2) is 71.9 Å². The van der Waals surface area contributed by atoms with Crippen molar-refractivity contribution in [2.45, 2.75) is 12.1 Å². The van der Waals surface area contributed by atoms with E-state index < -0.39 is 0 Å². The van der Waals surface area contributed by atoms with Gasteiger partial charge in [-0.05, 0) is 42.8 Å². The molecule has 7 heteroatoms.